The molecule has 0 amide bonds. The molecule has 0 aromatic heterocycles. The maximum absolute atomic E-state index is 11.1. The first kappa shape index (κ1) is 12.7. The van der Waals surface area contributed by atoms with E-state index in [0.717, 1.165) is 22.9 Å². The van der Waals surface area contributed by atoms with Gasteiger partial charge in [-0.25, -0.2) is 4.79 Å². The average molecular weight is 320 g/mol. The number of carboxylic acid groups (broad SMARTS) is 1. The Bertz CT molecular complexity index is 434. The van der Waals surface area contributed by atoms with E-state index in [9.17, 15) is 4.79 Å². The molecule has 3 nitrogen and oxygen atoms in total. The van der Waals surface area contributed by atoms with E-state index >= 15 is 0 Å². The van der Waals surface area contributed by atoms with Crippen molar-refractivity contribution in [1.82, 2.24) is 0 Å². The predicted molar refractivity (Wildman–Crippen MR) is 68.7 cm³/mol. The number of ether oxygens (including phenoxy) is 1. The van der Waals surface area contributed by atoms with Crippen molar-refractivity contribution in [3.8, 4) is 5.75 Å². The lowest BCUT2D eigenvalue weighted by Crippen LogP contribution is -2.29. The zero-order valence-electron chi connectivity index (χ0n) is 9.24. The fourth-order valence-electron chi connectivity index (χ4n) is 1.71. The smallest absolute Gasteiger partial charge is 0.345 e. The molecular weight excluding hydrogens is 307 g/mol. The molecule has 1 aromatic carbocycles. The number of aryl methyl sites for hydroxylation is 1. The molecule has 1 aliphatic rings. The van der Waals surface area contributed by atoms with E-state index in [1.54, 1.807) is 6.07 Å². The zero-order valence-corrected chi connectivity index (χ0v) is 11.6. The van der Waals surface area contributed by atoms with E-state index in [1.807, 2.05) is 13.0 Å². The summed E-state index contributed by atoms with van der Waals surface area (Å²) in [6.07, 6.45) is 1.03. The minimum atomic E-state index is -0.925. The van der Waals surface area contributed by atoms with Crippen LogP contribution in [0.5, 0.6) is 5.75 Å². The number of rotatable bonds is 4. The minimum absolute atomic E-state index is 0.117. The van der Waals surface area contributed by atoms with Crippen molar-refractivity contribution in [1.29, 1.82) is 0 Å². The van der Waals surface area contributed by atoms with Crippen LogP contribution in [0.3, 0.4) is 0 Å². The SMILES string of the molecule is Cc1cc(Br)cc(Cl)c1OC(C(=O)O)C1CC1. The normalized spacial score (nSPS) is 16.6. The molecule has 92 valence electrons. The first-order valence-electron chi connectivity index (χ1n) is 5.34. The molecule has 0 spiro atoms. The lowest BCUT2D eigenvalue weighted by atomic mass is 10.2. The largest absolute Gasteiger partial charge is 0.478 e. The summed E-state index contributed by atoms with van der Waals surface area (Å²) < 4.78 is 6.42. The fraction of sp³-hybridized carbons (Fsp3) is 0.417. The van der Waals surface area contributed by atoms with Gasteiger partial charge in [0.05, 0.1) is 5.02 Å². The zero-order chi connectivity index (χ0) is 12.6. The molecule has 17 heavy (non-hydrogen) atoms. The number of aliphatic carboxylic acids is 1. The van der Waals surface area contributed by atoms with Crippen LogP contribution in [0.1, 0.15) is 18.4 Å². The number of carboxylic acids is 1. The predicted octanol–water partition coefficient (Wildman–Crippen LogP) is 3.65. The summed E-state index contributed by atoms with van der Waals surface area (Å²) in [6, 6.07) is 3.56. The van der Waals surface area contributed by atoms with Gasteiger partial charge in [-0.2, -0.15) is 0 Å². The molecule has 0 radical (unpaired) electrons. The highest BCUT2D eigenvalue weighted by Crippen LogP contribution is 2.38. The molecule has 0 bridgehead atoms. The highest BCUT2D eigenvalue weighted by atomic mass is 79.9. The van der Waals surface area contributed by atoms with Crippen LogP contribution in [-0.4, -0.2) is 17.2 Å². The molecular formula is C12H12BrClO3. The van der Waals surface area contributed by atoms with Gasteiger partial charge in [0, 0.05) is 10.4 Å². The number of carbonyl (C=O) groups is 1. The summed E-state index contributed by atoms with van der Waals surface area (Å²) in [5, 5.41) is 9.54. The Hall–Kier alpha value is -0.740. The van der Waals surface area contributed by atoms with Crippen molar-refractivity contribution in [3.63, 3.8) is 0 Å². The molecule has 5 heteroatoms. The van der Waals surface area contributed by atoms with Crippen molar-refractivity contribution >= 4 is 33.5 Å². The first-order chi connectivity index (χ1) is 7.99. The van der Waals surface area contributed by atoms with Gasteiger partial charge in [0.15, 0.2) is 6.10 Å². The lowest BCUT2D eigenvalue weighted by Gasteiger charge is -2.17. The Balaban J connectivity index is 2.25. The van der Waals surface area contributed by atoms with Crippen molar-refractivity contribution < 1.29 is 14.6 Å². The van der Waals surface area contributed by atoms with Gasteiger partial charge >= 0.3 is 5.97 Å². The van der Waals surface area contributed by atoms with Crippen LogP contribution < -0.4 is 4.74 Å². The lowest BCUT2D eigenvalue weighted by molar-refractivity contribution is -0.146. The molecule has 2 rings (SSSR count). The highest BCUT2D eigenvalue weighted by Gasteiger charge is 2.38. The molecule has 1 N–H and O–H groups in total. The van der Waals surface area contributed by atoms with Crippen LogP contribution in [-0.2, 0) is 4.79 Å². The number of halogens is 2. The highest BCUT2D eigenvalue weighted by molar-refractivity contribution is 9.10. The van der Waals surface area contributed by atoms with Crippen molar-refractivity contribution in [3.05, 3.63) is 27.2 Å². The van der Waals surface area contributed by atoms with Gasteiger partial charge in [-0.3, -0.25) is 0 Å². The van der Waals surface area contributed by atoms with Crippen molar-refractivity contribution in [2.75, 3.05) is 0 Å². The van der Waals surface area contributed by atoms with Gasteiger partial charge in [-0.15, -0.1) is 0 Å². The van der Waals surface area contributed by atoms with Crippen LogP contribution in [0.25, 0.3) is 0 Å². The maximum atomic E-state index is 11.1. The number of hydrogen-bond acceptors (Lipinski definition) is 2. The molecule has 0 heterocycles. The third-order valence-corrected chi connectivity index (χ3v) is 3.47. The Morgan fingerprint density at radius 3 is 2.71 bits per heavy atom. The van der Waals surface area contributed by atoms with E-state index in [1.165, 1.54) is 0 Å². The Kier molecular flexibility index (Phi) is 3.64. The van der Waals surface area contributed by atoms with Gasteiger partial charge in [-0.1, -0.05) is 27.5 Å². The summed E-state index contributed by atoms with van der Waals surface area (Å²) in [5.41, 5.74) is 0.830. The molecule has 0 saturated heterocycles. The Morgan fingerprint density at radius 2 is 2.24 bits per heavy atom. The van der Waals surface area contributed by atoms with Crippen molar-refractivity contribution in [2.45, 2.75) is 25.9 Å². The monoisotopic (exact) mass is 318 g/mol. The third kappa shape index (κ3) is 2.93. The topological polar surface area (TPSA) is 46.5 Å². The van der Waals surface area contributed by atoms with Crippen LogP contribution in [0.2, 0.25) is 5.02 Å². The van der Waals surface area contributed by atoms with Crippen LogP contribution in [0, 0.1) is 12.8 Å². The van der Waals surface area contributed by atoms with Crippen LogP contribution >= 0.6 is 27.5 Å². The summed E-state index contributed by atoms with van der Waals surface area (Å²) in [4.78, 5) is 11.1. The van der Waals surface area contributed by atoms with Gasteiger partial charge in [0.25, 0.3) is 0 Å². The Morgan fingerprint density at radius 1 is 1.59 bits per heavy atom. The third-order valence-electron chi connectivity index (χ3n) is 2.73. The molecule has 1 aliphatic carbocycles. The second-order valence-corrected chi connectivity index (χ2v) is 5.57. The van der Waals surface area contributed by atoms with Crippen LogP contribution in [0.15, 0.2) is 16.6 Å². The average Bonchev–Trinajstić information content (AvgIpc) is 2.99. The molecule has 1 aromatic rings. The molecule has 1 fully saturated rings. The Labute approximate surface area is 113 Å². The standard InChI is InChI=1S/C12H12BrClO3/c1-6-4-8(13)5-9(14)10(6)17-11(12(15)16)7-2-3-7/h4-5,7,11H,2-3H2,1H3,(H,15,16). The summed E-state index contributed by atoms with van der Waals surface area (Å²) >= 11 is 9.39. The maximum Gasteiger partial charge on any atom is 0.345 e. The van der Waals surface area contributed by atoms with Gasteiger partial charge in [0.1, 0.15) is 5.75 Å². The molecule has 1 atom stereocenters. The second-order valence-electron chi connectivity index (χ2n) is 4.25. The molecule has 1 saturated carbocycles. The van der Waals surface area contributed by atoms with E-state index in [4.69, 9.17) is 21.4 Å². The second kappa shape index (κ2) is 4.86. The summed E-state index contributed by atoms with van der Waals surface area (Å²) in [5.74, 6) is -0.341. The first-order valence-corrected chi connectivity index (χ1v) is 6.51. The van der Waals surface area contributed by atoms with Gasteiger partial charge < -0.3 is 9.84 Å². The van der Waals surface area contributed by atoms with Gasteiger partial charge in [-0.05, 0) is 37.5 Å². The van der Waals surface area contributed by atoms with Gasteiger partial charge in [0.2, 0.25) is 0 Å². The van der Waals surface area contributed by atoms with Crippen LogP contribution in [0.4, 0.5) is 0 Å². The van der Waals surface area contributed by atoms with E-state index in [2.05, 4.69) is 15.9 Å². The molecule has 0 aliphatic heterocycles. The summed E-state index contributed by atoms with van der Waals surface area (Å²) in [6.45, 7) is 1.85. The number of benzene rings is 1. The molecule has 1 unspecified atom stereocenters. The van der Waals surface area contributed by atoms with E-state index in [-0.39, 0.29) is 5.92 Å². The van der Waals surface area contributed by atoms with E-state index < -0.39 is 12.1 Å². The van der Waals surface area contributed by atoms with E-state index in [0.29, 0.717) is 10.8 Å². The summed E-state index contributed by atoms with van der Waals surface area (Å²) in [7, 11) is 0. The quantitative estimate of drug-likeness (QED) is 0.921. The van der Waals surface area contributed by atoms with Crippen molar-refractivity contribution in [2.24, 2.45) is 5.92 Å². The number of hydrogen-bond donors (Lipinski definition) is 1. The minimum Gasteiger partial charge on any atom is -0.478 e. The fourth-order valence-corrected chi connectivity index (χ4v) is 2.73.